The van der Waals surface area contributed by atoms with Gasteiger partial charge < -0.3 is 19.3 Å². The van der Waals surface area contributed by atoms with Crippen molar-refractivity contribution in [3.8, 4) is 0 Å². The fraction of sp³-hybridized carbons (Fsp3) is 1.00. The van der Waals surface area contributed by atoms with Crippen molar-refractivity contribution < 1.29 is 19.3 Å². The minimum absolute atomic E-state index is 0.325. The molecule has 0 heterocycles. The van der Waals surface area contributed by atoms with E-state index in [-0.39, 0.29) is 0 Å². The lowest BCUT2D eigenvalue weighted by molar-refractivity contribution is -0.0381. The molecule has 4 heteroatoms. The summed E-state index contributed by atoms with van der Waals surface area (Å²) in [5, 5.41) is 9.84. The topological polar surface area (TPSA) is 47.9 Å². The van der Waals surface area contributed by atoms with E-state index in [1.54, 1.807) is 0 Å². The average molecular weight is 347 g/mol. The number of hydrogen-bond donors (Lipinski definition) is 1. The number of ether oxygens (including phenoxy) is 3. The number of rotatable bonds is 19. The molecule has 0 bridgehead atoms. The van der Waals surface area contributed by atoms with E-state index in [1.807, 2.05) is 0 Å². The van der Waals surface area contributed by atoms with Gasteiger partial charge in [0.25, 0.3) is 0 Å². The van der Waals surface area contributed by atoms with Gasteiger partial charge in [0.15, 0.2) is 0 Å². The molecule has 0 amide bonds. The fourth-order valence-electron chi connectivity index (χ4n) is 2.56. The minimum Gasteiger partial charge on any atom is -0.388 e. The van der Waals surface area contributed by atoms with Crippen LogP contribution in [0.1, 0.15) is 78.6 Å². The summed E-state index contributed by atoms with van der Waals surface area (Å²) in [6.45, 7) is 10.0. The van der Waals surface area contributed by atoms with Gasteiger partial charge in [-0.2, -0.15) is 0 Å². The molecule has 0 spiro atoms. The Hall–Kier alpha value is -0.160. The molecule has 2 atom stereocenters. The molecule has 1 N–H and O–H groups in total. The quantitative estimate of drug-likeness (QED) is 0.348. The third-order valence-electron chi connectivity index (χ3n) is 4.28. The van der Waals surface area contributed by atoms with Crippen LogP contribution in [0.3, 0.4) is 0 Å². The fourth-order valence-corrected chi connectivity index (χ4v) is 2.56. The zero-order chi connectivity index (χ0) is 17.9. The van der Waals surface area contributed by atoms with E-state index < -0.39 is 6.10 Å². The smallest absolute Gasteiger partial charge is 0.101 e. The SMILES string of the molecule is CCCCCCCOCCOCC(O)COCC(CC)CCCC. The Labute approximate surface area is 150 Å². The lowest BCUT2D eigenvalue weighted by Crippen LogP contribution is -2.24. The third-order valence-corrected chi connectivity index (χ3v) is 4.28. The van der Waals surface area contributed by atoms with Gasteiger partial charge in [-0.25, -0.2) is 0 Å². The second-order valence-corrected chi connectivity index (χ2v) is 6.71. The van der Waals surface area contributed by atoms with Gasteiger partial charge in [0.1, 0.15) is 6.10 Å². The molecule has 0 saturated heterocycles. The normalized spacial score (nSPS) is 14.0. The molecule has 0 rings (SSSR count). The zero-order valence-corrected chi connectivity index (χ0v) is 16.4. The van der Waals surface area contributed by atoms with Crippen molar-refractivity contribution in [3.63, 3.8) is 0 Å². The van der Waals surface area contributed by atoms with Crippen molar-refractivity contribution in [1.82, 2.24) is 0 Å². The first-order chi connectivity index (χ1) is 11.7. The molecule has 2 unspecified atom stereocenters. The summed E-state index contributed by atoms with van der Waals surface area (Å²) in [5.74, 6) is 0.615. The molecule has 0 radical (unpaired) electrons. The van der Waals surface area contributed by atoms with Crippen molar-refractivity contribution in [2.24, 2.45) is 5.92 Å². The highest BCUT2D eigenvalue weighted by molar-refractivity contribution is 4.58. The first-order valence-corrected chi connectivity index (χ1v) is 10.2. The molecular formula is C20H42O4. The number of hydrogen-bond acceptors (Lipinski definition) is 4. The molecule has 0 aromatic carbocycles. The Balaban J connectivity index is 3.32. The van der Waals surface area contributed by atoms with Crippen LogP contribution < -0.4 is 0 Å². The predicted octanol–water partition coefficient (Wildman–Crippen LogP) is 4.58. The van der Waals surface area contributed by atoms with Gasteiger partial charge in [-0.15, -0.1) is 0 Å². The Bertz CT molecular complexity index is 236. The molecule has 0 aliphatic heterocycles. The molecule has 0 saturated carbocycles. The summed E-state index contributed by atoms with van der Waals surface area (Å²) in [6.07, 6.45) is 10.6. The lowest BCUT2D eigenvalue weighted by Gasteiger charge is -2.17. The van der Waals surface area contributed by atoms with E-state index in [0.29, 0.717) is 32.3 Å². The highest BCUT2D eigenvalue weighted by Gasteiger charge is 2.09. The summed E-state index contributed by atoms with van der Waals surface area (Å²) in [6, 6.07) is 0. The van der Waals surface area contributed by atoms with Gasteiger partial charge in [-0.1, -0.05) is 65.7 Å². The highest BCUT2D eigenvalue weighted by atomic mass is 16.5. The molecule has 24 heavy (non-hydrogen) atoms. The van der Waals surface area contributed by atoms with Crippen LogP contribution >= 0.6 is 0 Å². The van der Waals surface area contributed by atoms with E-state index in [0.717, 1.165) is 26.1 Å². The molecule has 0 fully saturated rings. The maximum Gasteiger partial charge on any atom is 0.101 e. The second-order valence-electron chi connectivity index (χ2n) is 6.71. The molecule has 0 aromatic heterocycles. The van der Waals surface area contributed by atoms with Crippen molar-refractivity contribution in [2.75, 3.05) is 39.6 Å². The monoisotopic (exact) mass is 346 g/mol. The maximum absolute atomic E-state index is 9.84. The van der Waals surface area contributed by atoms with E-state index >= 15 is 0 Å². The second kappa shape index (κ2) is 19.2. The third kappa shape index (κ3) is 16.7. The van der Waals surface area contributed by atoms with E-state index in [1.165, 1.54) is 44.9 Å². The summed E-state index contributed by atoms with van der Waals surface area (Å²) in [5.41, 5.74) is 0. The molecular weight excluding hydrogens is 304 g/mol. The van der Waals surface area contributed by atoms with E-state index in [9.17, 15) is 5.11 Å². The van der Waals surface area contributed by atoms with Crippen LogP contribution in [0.2, 0.25) is 0 Å². The van der Waals surface area contributed by atoms with Gasteiger partial charge in [0.05, 0.1) is 26.4 Å². The summed E-state index contributed by atoms with van der Waals surface area (Å²) >= 11 is 0. The number of aliphatic hydroxyl groups excluding tert-OH is 1. The van der Waals surface area contributed by atoms with E-state index in [2.05, 4.69) is 20.8 Å². The standard InChI is InChI=1S/C20H42O4/c1-4-7-9-10-11-13-22-14-15-23-17-20(21)18-24-16-19(6-3)12-8-5-2/h19-21H,4-18H2,1-3H3. The molecule has 0 aliphatic carbocycles. The molecule has 0 aromatic rings. The van der Waals surface area contributed by atoms with Crippen molar-refractivity contribution in [1.29, 1.82) is 0 Å². The van der Waals surface area contributed by atoms with Crippen LogP contribution in [0.4, 0.5) is 0 Å². The average Bonchev–Trinajstić information content (AvgIpc) is 2.59. The Morgan fingerprint density at radius 1 is 0.667 bits per heavy atom. The van der Waals surface area contributed by atoms with Gasteiger partial charge >= 0.3 is 0 Å². The van der Waals surface area contributed by atoms with Gasteiger partial charge in [-0.3, -0.25) is 0 Å². The lowest BCUT2D eigenvalue weighted by atomic mass is 10.0. The van der Waals surface area contributed by atoms with Crippen molar-refractivity contribution in [2.45, 2.75) is 84.7 Å². The summed E-state index contributed by atoms with van der Waals surface area (Å²) < 4.78 is 16.6. The molecule has 146 valence electrons. The first-order valence-electron chi connectivity index (χ1n) is 10.2. The van der Waals surface area contributed by atoms with Crippen LogP contribution in [-0.2, 0) is 14.2 Å². The van der Waals surface area contributed by atoms with Gasteiger partial charge in [-0.05, 0) is 18.8 Å². The van der Waals surface area contributed by atoms with Gasteiger partial charge in [0, 0.05) is 13.2 Å². The largest absolute Gasteiger partial charge is 0.388 e. The first kappa shape index (κ1) is 23.8. The van der Waals surface area contributed by atoms with Crippen LogP contribution in [0.5, 0.6) is 0 Å². The van der Waals surface area contributed by atoms with E-state index in [4.69, 9.17) is 14.2 Å². The Morgan fingerprint density at radius 2 is 1.33 bits per heavy atom. The molecule has 0 aliphatic rings. The Kier molecular flexibility index (Phi) is 19.0. The maximum atomic E-state index is 9.84. The van der Waals surface area contributed by atoms with Crippen LogP contribution in [0.15, 0.2) is 0 Å². The number of unbranched alkanes of at least 4 members (excludes halogenated alkanes) is 5. The summed E-state index contributed by atoms with van der Waals surface area (Å²) in [4.78, 5) is 0. The molecule has 4 nitrogen and oxygen atoms in total. The van der Waals surface area contributed by atoms with Crippen LogP contribution in [-0.4, -0.2) is 50.9 Å². The van der Waals surface area contributed by atoms with Crippen molar-refractivity contribution in [3.05, 3.63) is 0 Å². The Morgan fingerprint density at radius 3 is 2.04 bits per heavy atom. The minimum atomic E-state index is -0.539. The number of aliphatic hydroxyl groups is 1. The highest BCUT2D eigenvalue weighted by Crippen LogP contribution is 2.12. The van der Waals surface area contributed by atoms with Crippen molar-refractivity contribution >= 4 is 0 Å². The van der Waals surface area contributed by atoms with Gasteiger partial charge in [0.2, 0.25) is 0 Å². The van der Waals surface area contributed by atoms with Crippen LogP contribution in [0, 0.1) is 5.92 Å². The summed E-state index contributed by atoms with van der Waals surface area (Å²) in [7, 11) is 0. The van der Waals surface area contributed by atoms with Crippen LogP contribution in [0.25, 0.3) is 0 Å². The zero-order valence-electron chi connectivity index (χ0n) is 16.4. The predicted molar refractivity (Wildman–Crippen MR) is 101 cm³/mol.